The summed E-state index contributed by atoms with van der Waals surface area (Å²) in [7, 11) is 0. The summed E-state index contributed by atoms with van der Waals surface area (Å²) in [5, 5.41) is 11.6. The smallest absolute Gasteiger partial charge is 0.206 e. The highest BCUT2D eigenvalue weighted by Crippen LogP contribution is 2.07. The molecule has 1 rings (SSSR count). The first-order chi connectivity index (χ1) is 8.29. The molecule has 1 aromatic heterocycles. The minimum atomic E-state index is 0.0704. The first kappa shape index (κ1) is 13.5. The summed E-state index contributed by atoms with van der Waals surface area (Å²) in [6.07, 6.45) is 11.0. The Hall–Kier alpha value is -1.52. The van der Waals surface area contributed by atoms with Crippen LogP contribution in [0.4, 0.5) is 0 Å². The molecular weight excluding hydrogens is 216 g/mol. The van der Waals surface area contributed by atoms with Crippen molar-refractivity contribution < 1.29 is 5.21 Å². The van der Waals surface area contributed by atoms with Gasteiger partial charge in [0.15, 0.2) is 5.82 Å². The van der Waals surface area contributed by atoms with Crippen molar-refractivity contribution in [2.45, 2.75) is 52.0 Å². The fourth-order valence-electron chi connectivity index (χ4n) is 1.83. The predicted molar refractivity (Wildman–Crippen MR) is 68.1 cm³/mol. The number of nitrogens with zero attached hydrogens (tertiary/aromatic N) is 3. The first-order valence-corrected chi connectivity index (χ1v) is 6.28. The van der Waals surface area contributed by atoms with Crippen molar-refractivity contribution in [3.8, 4) is 0 Å². The molecule has 3 N–H and O–H groups in total. The maximum Gasteiger partial charge on any atom is 0.206 e. The minimum absolute atomic E-state index is 0.0704. The maximum absolute atomic E-state index is 8.61. The molecule has 0 aromatic carbocycles. The number of imidazole rings is 1. The van der Waals surface area contributed by atoms with Crippen LogP contribution in [0.3, 0.4) is 0 Å². The number of nitrogens with two attached hydrogens (primary N) is 1. The Morgan fingerprint density at radius 1 is 1.35 bits per heavy atom. The molecule has 5 heteroatoms. The molecule has 0 fully saturated rings. The SMILES string of the molecule is CCCCCCCCn1ccnc1/C(N)=N/O. The molecule has 0 radical (unpaired) electrons. The molecule has 5 nitrogen and oxygen atoms in total. The van der Waals surface area contributed by atoms with E-state index in [1.54, 1.807) is 6.20 Å². The number of unbranched alkanes of at least 4 members (excludes halogenated alkanes) is 5. The van der Waals surface area contributed by atoms with Crippen LogP contribution in [-0.4, -0.2) is 20.6 Å². The second-order valence-electron chi connectivity index (χ2n) is 4.20. The summed E-state index contributed by atoms with van der Waals surface area (Å²) in [6.45, 7) is 3.09. The molecule has 1 aromatic rings. The van der Waals surface area contributed by atoms with E-state index < -0.39 is 0 Å². The summed E-state index contributed by atoms with van der Waals surface area (Å²) < 4.78 is 1.93. The van der Waals surface area contributed by atoms with Gasteiger partial charge in [-0.2, -0.15) is 0 Å². The lowest BCUT2D eigenvalue weighted by Gasteiger charge is -2.06. The summed E-state index contributed by atoms with van der Waals surface area (Å²) in [5.74, 6) is 0.613. The van der Waals surface area contributed by atoms with Gasteiger partial charge in [0.05, 0.1) is 0 Å². The van der Waals surface area contributed by atoms with Crippen LogP contribution < -0.4 is 5.73 Å². The van der Waals surface area contributed by atoms with E-state index in [0.29, 0.717) is 5.82 Å². The highest BCUT2D eigenvalue weighted by Gasteiger charge is 2.06. The number of aryl methyl sites for hydroxylation is 1. The average Bonchev–Trinajstić information content (AvgIpc) is 2.81. The highest BCUT2D eigenvalue weighted by atomic mass is 16.4. The average molecular weight is 238 g/mol. The largest absolute Gasteiger partial charge is 0.409 e. The van der Waals surface area contributed by atoms with Gasteiger partial charge in [-0.3, -0.25) is 0 Å². The summed E-state index contributed by atoms with van der Waals surface area (Å²) in [4.78, 5) is 4.06. The molecule has 0 atom stereocenters. The van der Waals surface area contributed by atoms with Crippen LogP contribution in [0.25, 0.3) is 0 Å². The standard InChI is InChI=1S/C12H22N4O/c1-2-3-4-5-6-7-9-16-10-8-14-12(16)11(13)15-17/h8,10,17H,2-7,9H2,1H3,(H2,13,15). The minimum Gasteiger partial charge on any atom is -0.409 e. The third kappa shape index (κ3) is 4.46. The molecule has 0 aliphatic heterocycles. The number of hydrogen-bond donors (Lipinski definition) is 2. The Bertz CT molecular complexity index is 346. The number of aromatic nitrogens is 2. The van der Waals surface area contributed by atoms with E-state index in [2.05, 4.69) is 17.1 Å². The van der Waals surface area contributed by atoms with Crippen molar-refractivity contribution in [3.63, 3.8) is 0 Å². The molecule has 0 saturated heterocycles. The third-order valence-corrected chi connectivity index (χ3v) is 2.80. The van der Waals surface area contributed by atoms with Crippen molar-refractivity contribution in [3.05, 3.63) is 18.2 Å². The predicted octanol–water partition coefficient (Wildman–Crippen LogP) is 2.34. The van der Waals surface area contributed by atoms with E-state index in [4.69, 9.17) is 10.9 Å². The molecular formula is C12H22N4O. The van der Waals surface area contributed by atoms with Gasteiger partial charge in [-0.15, -0.1) is 0 Å². The molecule has 0 unspecified atom stereocenters. The molecule has 0 bridgehead atoms. The van der Waals surface area contributed by atoms with E-state index >= 15 is 0 Å². The molecule has 96 valence electrons. The lowest BCUT2D eigenvalue weighted by Crippen LogP contribution is -2.19. The Labute approximate surface area is 102 Å². The van der Waals surface area contributed by atoms with E-state index in [-0.39, 0.29) is 5.84 Å². The quantitative estimate of drug-likeness (QED) is 0.240. The molecule has 0 spiro atoms. The Morgan fingerprint density at radius 2 is 2.06 bits per heavy atom. The lowest BCUT2D eigenvalue weighted by atomic mass is 10.1. The summed E-state index contributed by atoms with van der Waals surface area (Å²) in [6, 6.07) is 0. The monoisotopic (exact) mass is 238 g/mol. The van der Waals surface area contributed by atoms with Crippen molar-refractivity contribution >= 4 is 5.84 Å². The first-order valence-electron chi connectivity index (χ1n) is 6.28. The normalized spacial score (nSPS) is 11.9. The lowest BCUT2D eigenvalue weighted by molar-refractivity contribution is 0.318. The fourth-order valence-corrected chi connectivity index (χ4v) is 1.83. The van der Waals surface area contributed by atoms with Gasteiger partial charge in [0.25, 0.3) is 0 Å². The maximum atomic E-state index is 8.61. The van der Waals surface area contributed by atoms with Crippen LogP contribution >= 0.6 is 0 Å². The fraction of sp³-hybridized carbons (Fsp3) is 0.667. The van der Waals surface area contributed by atoms with Gasteiger partial charge >= 0.3 is 0 Å². The van der Waals surface area contributed by atoms with Gasteiger partial charge in [-0.05, 0) is 6.42 Å². The number of amidine groups is 1. The van der Waals surface area contributed by atoms with E-state index in [1.165, 1.54) is 32.1 Å². The molecule has 0 aliphatic rings. The van der Waals surface area contributed by atoms with Crippen LogP contribution in [0, 0.1) is 0 Å². The van der Waals surface area contributed by atoms with Crippen LogP contribution in [0.2, 0.25) is 0 Å². The third-order valence-electron chi connectivity index (χ3n) is 2.80. The number of oxime groups is 1. The second kappa shape index (κ2) is 7.70. The highest BCUT2D eigenvalue weighted by molar-refractivity contribution is 5.93. The van der Waals surface area contributed by atoms with Crippen molar-refractivity contribution in [2.75, 3.05) is 0 Å². The Balaban J connectivity index is 2.30. The van der Waals surface area contributed by atoms with Gasteiger partial charge in [-0.1, -0.05) is 44.2 Å². The topological polar surface area (TPSA) is 76.4 Å². The molecule has 0 amide bonds. The number of rotatable bonds is 8. The summed E-state index contributed by atoms with van der Waals surface area (Å²) >= 11 is 0. The molecule has 0 saturated carbocycles. The van der Waals surface area contributed by atoms with Gasteiger partial charge in [0.2, 0.25) is 5.84 Å². The van der Waals surface area contributed by atoms with E-state index in [0.717, 1.165) is 13.0 Å². The summed E-state index contributed by atoms with van der Waals surface area (Å²) in [5.41, 5.74) is 5.53. The van der Waals surface area contributed by atoms with Gasteiger partial charge in [0, 0.05) is 18.9 Å². The molecule has 0 aliphatic carbocycles. The Kier molecular flexibility index (Phi) is 6.14. The zero-order valence-electron chi connectivity index (χ0n) is 10.5. The zero-order chi connectivity index (χ0) is 12.5. The van der Waals surface area contributed by atoms with Crippen LogP contribution in [0.15, 0.2) is 17.5 Å². The van der Waals surface area contributed by atoms with Crippen molar-refractivity contribution in [1.29, 1.82) is 0 Å². The second-order valence-corrected chi connectivity index (χ2v) is 4.20. The van der Waals surface area contributed by atoms with Gasteiger partial charge in [0.1, 0.15) is 0 Å². The van der Waals surface area contributed by atoms with Gasteiger partial charge < -0.3 is 15.5 Å². The van der Waals surface area contributed by atoms with Gasteiger partial charge in [-0.25, -0.2) is 4.98 Å². The van der Waals surface area contributed by atoms with Crippen LogP contribution in [0.1, 0.15) is 51.3 Å². The molecule has 17 heavy (non-hydrogen) atoms. The van der Waals surface area contributed by atoms with Crippen molar-refractivity contribution in [1.82, 2.24) is 9.55 Å². The number of hydrogen-bond acceptors (Lipinski definition) is 3. The molecule has 1 heterocycles. The Morgan fingerprint density at radius 3 is 2.76 bits per heavy atom. The van der Waals surface area contributed by atoms with E-state index in [9.17, 15) is 0 Å². The zero-order valence-corrected chi connectivity index (χ0v) is 10.5. The van der Waals surface area contributed by atoms with Crippen LogP contribution in [0.5, 0.6) is 0 Å². The van der Waals surface area contributed by atoms with Crippen molar-refractivity contribution in [2.24, 2.45) is 10.9 Å². The van der Waals surface area contributed by atoms with E-state index in [1.807, 2.05) is 10.8 Å². The van der Waals surface area contributed by atoms with Crippen LogP contribution in [-0.2, 0) is 6.54 Å².